The topological polar surface area (TPSA) is 143 Å². The number of hydrogen-bond donors (Lipinski definition) is 2. The van der Waals surface area contributed by atoms with E-state index in [4.69, 9.17) is 10.3 Å². The van der Waals surface area contributed by atoms with Gasteiger partial charge in [0.15, 0.2) is 11.5 Å². The number of carbonyl (C=O) groups excluding carboxylic acids is 1. The summed E-state index contributed by atoms with van der Waals surface area (Å²) in [7, 11) is 1.74. The van der Waals surface area contributed by atoms with Crippen LogP contribution in [0.1, 0.15) is 44.0 Å². The summed E-state index contributed by atoms with van der Waals surface area (Å²) in [4.78, 5) is 48.3. The predicted octanol–water partition coefficient (Wildman–Crippen LogP) is 1.53. The SMILES string of the molecule is CCCCn1c(N)c(N(Cc2ccccc2)C(=O)CN(C)Cc2nc(CC)no2)c(=O)[nH]c1=O. The summed E-state index contributed by atoms with van der Waals surface area (Å²) in [6.07, 6.45) is 2.19. The van der Waals surface area contributed by atoms with Crippen LogP contribution >= 0.6 is 0 Å². The van der Waals surface area contributed by atoms with Crippen LogP contribution in [-0.4, -0.2) is 44.1 Å². The van der Waals surface area contributed by atoms with Crippen LogP contribution in [0.2, 0.25) is 0 Å². The molecule has 0 radical (unpaired) electrons. The monoisotopic (exact) mass is 469 g/mol. The van der Waals surface area contributed by atoms with E-state index in [1.165, 1.54) is 9.47 Å². The fourth-order valence-corrected chi connectivity index (χ4v) is 3.54. The van der Waals surface area contributed by atoms with Gasteiger partial charge in [0, 0.05) is 13.0 Å². The number of unbranched alkanes of at least 4 members (excludes halogenated alkanes) is 1. The molecule has 0 saturated carbocycles. The zero-order valence-corrected chi connectivity index (χ0v) is 19.8. The van der Waals surface area contributed by atoms with Gasteiger partial charge in [-0.2, -0.15) is 4.98 Å². The van der Waals surface area contributed by atoms with Gasteiger partial charge >= 0.3 is 5.69 Å². The van der Waals surface area contributed by atoms with Crippen molar-refractivity contribution in [2.75, 3.05) is 24.2 Å². The minimum atomic E-state index is -0.702. The summed E-state index contributed by atoms with van der Waals surface area (Å²) in [5, 5.41) is 3.87. The molecule has 0 atom stereocenters. The van der Waals surface area contributed by atoms with E-state index in [-0.39, 0.29) is 37.0 Å². The van der Waals surface area contributed by atoms with E-state index in [0.29, 0.717) is 31.1 Å². The summed E-state index contributed by atoms with van der Waals surface area (Å²) in [6, 6.07) is 9.27. The van der Waals surface area contributed by atoms with Gasteiger partial charge in [-0.05, 0) is 19.0 Å². The first-order chi connectivity index (χ1) is 16.3. The molecule has 0 aliphatic carbocycles. The van der Waals surface area contributed by atoms with Gasteiger partial charge in [-0.25, -0.2) is 4.79 Å². The standard InChI is InChI=1S/C23H31N7O4/c1-4-6-12-29-21(24)20(22(32)26-23(29)33)30(13-16-10-8-7-9-11-16)19(31)15-28(3)14-18-25-17(5-2)27-34-18/h7-11H,4-6,12-15,24H2,1-3H3,(H,26,32,33). The van der Waals surface area contributed by atoms with Crippen LogP contribution in [0.5, 0.6) is 0 Å². The molecule has 0 aliphatic rings. The van der Waals surface area contributed by atoms with Gasteiger partial charge < -0.3 is 10.3 Å². The van der Waals surface area contributed by atoms with E-state index in [2.05, 4.69) is 15.1 Å². The molecule has 0 bridgehead atoms. The number of benzene rings is 1. The number of likely N-dealkylation sites (N-methyl/N-ethyl adjacent to an activating group) is 1. The van der Waals surface area contributed by atoms with Crippen molar-refractivity contribution in [3.63, 3.8) is 0 Å². The Kier molecular flexibility index (Phi) is 8.36. The molecule has 11 nitrogen and oxygen atoms in total. The highest BCUT2D eigenvalue weighted by atomic mass is 16.5. The van der Waals surface area contributed by atoms with Crippen molar-refractivity contribution >= 4 is 17.4 Å². The maximum Gasteiger partial charge on any atom is 0.330 e. The van der Waals surface area contributed by atoms with Gasteiger partial charge in [0.2, 0.25) is 11.8 Å². The minimum absolute atomic E-state index is 0.0291. The second kappa shape index (κ2) is 11.4. The number of aromatic nitrogens is 4. The lowest BCUT2D eigenvalue weighted by Crippen LogP contribution is -2.44. The smallest absolute Gasteiger partial charge is 0.330 e. The van der Waals surface area contributed by atoms with Crippen LogP contribution in [0.15, 0.2) is 44.4 Å². The Bertz CT molecular complexity index is 1220. The summed E-state index contributed by atoms with van der Waals surface area (Å²) in [5.41, 5.74) is 5.78. The molecule has 1 amide bonds. The van der Waals surface area contributed by atoms with Crippen molar-refractivity contribution in [1.82, 2.24) is 24.6 Å². The van der Waals surface area contributed by atoms with Crippen molar-refractivity contribution in [2.24, 2.45) is 0 Å². The number of carbonyl (C=O) groups is 1. The van der Waals surface area contributed by atoms with Crippen LogP contribution in [0.25, 0.3) is 0 Å². The number of aryl methyl sites for hydroxylation is 1. The van der Waals surface area contributed by atoms with Crippen molar-refractivity contribution < 1.29 is 9.32 Å². The van der Waals surface area contributed by atoms with E-state index in [1.54, 1.807) is 11.9 Å². The summed E-state index contributed by atoms with van der Waals surface area (Å²) in [5.74, 6) is 0.597. The van der Waals surface area contributed by atoms with Gasteiger partial charge in [-0.15, -0.1) is 0 Å². The van der Waals surface area contributed by atoms with Gasteiger partial charge in [-0.1, -0.05) is 55.8 Å². The Balaban J connectivity index is 1.93. The second-order valence-corrected chi connectivity index (χ2v) is 8.09. The second-order valence-electron chi connectivity index (χ2n) is 8.09. The Morgan fingerprint density at radius 2 is 1.91 bits per heavy atom. The molecule has 3 N–H and O–H groups in total. The molecule has 34 heavy (non-hydrogen) atoms. The molecule has 0 unspecified atom stereocenters. The Labute approximate surface area is 197 Å². The van der Waals surface area contributed by atoms with Crippen LogP contribution in [0.3, 0.4) is 0 Å². The Hall–Kier alpha value is -3.73. The highest BCUT2D eigenvalue weighted by Gasteiger charge is 2.25. The van der Waals surface area contributed by atoms with E-state index < -0.39 is 11.2 Å². The third-order valence-corrected chi connectivity index (χ3v) is 5.34. The lowest BCUT2D eigenvalue weighted by molar-refractivity contribution is -0.119. The fraction of sp³-hybridized carbons (Fsp3) is 0.435. The van der Waals surface area contributed by atoms with Gasteiger partial charge in [-0.3, -0.25) is 28.9 Å². The van der Waals surface area contributed by atoms with Crippen molar-refractivity contribution in [1.29, 1.82) is 0 Å². The molecule has 0 spiro atoms. The van der Waals surface area contributed by atoms with Crippen LogP contribution in [0, 0.1) is 0 Å². The molecule has 0 aliphatic heterocycles. The number of anilines is 2. The number of aromatic amines is 1. The zero-order chi connectivity index (χ0) is 24.7. The Morgan fingerprint density at radius 3 is 2.56 bits per heavy atom. The summed E-state index contributed by atoms with van der Waals surface area (Å²) >= 11 is 0. The number of nitrogens with two attached hydrogens (primary N) is 1. The van der Waals surface area contributed by atoms with Gasteiger partial charge in [0.25, 0.3) is 5.56 Å². The molecule has 182 valence electrons. The molecule has 2 aromatic heterocycles. The number of hydrogen-bond acceptors (Lipinski definition) is 8. The quantitative estimate of drug-likeness (QED) is 0.430. The van der Waals surface area contributed by atoms with Crippen molar-refractivity contribution in [3.05, 3.63) is 68.4 Å². The molecule has 3 rings (SSSR count). The summed E-state index contributed by atoms with van der Waals surface area (Å²) < 4.78 is 6.52. The zero-order valence-electron chi connectivity index (χ0n) is 19.8. The van der Waals surface area contributed by atoms with Crippen molar-refractivity contribution in [3.8, 4) is 0 Å². The molecular weight excluding hydrogens is 438 g/mol. The molecule has 11 heteroatoms. The maximum atomic E-state index is 13.4. The van der Waals surface area contributed by atoms with Gasteiger partial charge in [0.05, 0.1) is 19.6 Å². The first-order valence-corrected chi connectivity index (χ1v) is 11.3. The van der Waals surface area contributed by atoms with Crippen molar-refractivity contribution in [2.45, 2.75) is 52.7 Å². The average Bonchev–Trinajstić information content (AvgIpc) is 3.26. The molecule has 2 heterocycles. The van der Waals surface area contributed by atoms with Crippen LogP contribution < -0.4 is 21.9 Å². The molecule has 0 fully saturated rings. The number of amides is 1. The number of H-pyrrole nitrogens is 1. The summed E-state index contributed by atoms with van der Waals surface area (Å²) in [6.45, 7) is 4.60. The minimum Gasteiger partial charge on any atom is -0.383 e. The third-order valence-electron chi connectivity index (χ3n) is 5.34. The van der Waals surface area contributed by atoms with E-state index in [1.807, 2.05) is 44.2 Å². The highest BCUT2D eigenvalue weighted by Crippen LogP contribution is 2.20. The number of rotatable bonds is 11. The van der Waals surface area contributed by atoms with E-state index in [9.17, 15) is 14.4 Å². The predicted molar refractivity (Wildman–Crippen MR) is 128 cm³/mol. The lowest BCUT2D eigenvalue weighted by atomic mass is 10.2. The van der Waals surface area contributed by atoms with Gasteiger partial charge in [0.1, 0.15) is 5.82 Å². The largest absolute Gasteiger partial charge is 0.383 e. The molecule has 3 aromatic rings. The Morgan fingerprint density at radius 1 is 1.18 bits per heavy atom. The fourth-order valence-electron chi connectivity index (χ4n) is 3.54. The highest BCUT2D eigenvalue weighted by molar-refractivity contribution is 5.96. The van der Waals surface area contributed by atoms with Crippen LogP contribution in [0.4, 0.5) is 11.5 Å². The third kappa shape index (κ3) is 5.98. The lowest BCUT2D eigenvalue weighted by Gasteiger charge is -2.26. The number of nitrogens with one attached hydrogen (secondary N) is 1. The first kappa shape index (κ1) is 24.9. The van der Waals surface area contributed by atoms with E-state index >= 15 is 0 Å². The average molecular weight is 470 g/mol. The normalized spacial score (nSPS) is 11.2. The number of nitrogen functional groups attached to an aromatic ring is 1. The first-order valence-electron chi connectivity index (χ1n) is 11.3. The maximum absolute atomic E-state index is 13.4. The molecular formula is C23H31N7O4. The van der Waals surface area contributed by atoms with E-state index in [0.717, 1.165) is 12.0 Å². The molecule has 1 aromatic carbocycles. The van der Waals surface area contributed by atoms with Crippen LogP contribution in [-0.2, 0) is 30.8 Å². The molecule has 0 saturated heterocycles. The number of nitrogens with zero attached hydrogens (tertiary/aromatic N) is 5.